The molecule has 1 fully saturated rings. The molecule has 3 heterocycles. The van der Waals surface area contributed by atoms with Crippen molar-refractivity contribution in [3.63, 3.8) is 0 Å². The molecule has 3 aromatic rings. The Bertz CT molecular complexity index is 1070. The van der Waals surface area contributed by atoms with Crippen molar-refractivity contribution < 1.29 is 4.79 Å². The SMILES string of the molecule is Cc1c(C#N)c(NC(=O)CSc2nnnn2C2CCCC2)n(Cc2cccs2)c1C. The average molecular weight is 442 g/mol. The van der Waals surface area contributed by atoms with Gasteiger partial charge < -0.3 is 9.88 Å². The molecule has 0 radical (unpaired) electrons. The molecule has 156 valence electrons. The molecule has 1 aliphatic rings. The van der Waals surface area contributed by atoms with Crippen molar-refractivity contribution in [3.8, 4) is 6.07 Å². The number of hydrogen-bond acceptors (Lipinski definition) is 7. The lowest BCUT2D eigenvalue weighted by atomic mass is 10.2. The molecule has 0 aromatic carbocycles. The minimum Gasteiger partial charge on any atom is -0.325 e. The van der Waals surface area contributed by atoms with Crippen LogP contribution in [0.4, 0.5) is 5.82 Å². The third-order valence-electron chi connectivity index (χ3n) is 5.56. The fourth-order valence-electron chi connectivity index (χ4n) is 3.84. The van der Waals surface area contributed by atoms with E-state index in [1.165, 1.54) is 29.5 Å². The molecular weight excluding hydrogens is 418 g/mol. The topological polar surface area (TPSA) is 101 Å². The summed E-state index contributed by atoms with van der Waals surface area (Å²) in [6.45, 7) is 4.51. The van der Waals surface area contributed by atoms with Gasteiger partial charge in [0.1, 0.15) is 11.9 Å². The lowest BCUT2D eigenvalue weighted by molar-refractivity contribution is -0.113. The smallest absolute Gasteiger partial charge is 0.235 e. The summed E-state index contributed by atoms with van der Waals surface area (Å²) in [5.74, 6) is 0.560. The first-order valence-corrected chi connectivity index (χ1v) is 11.8. The quantitative estimate of drug-likeness (QED) is 0.558. The van der Waals surface area contributed by atoms with Gasteiger partial charge in [0.15, 0.2) is 0 Å². The van der Waals surface area contributed by atoms with Gasteiger partial charge in [-0.25, -0.2) is 4.68 Å². The van der Waals surface area contributed by atoms with Crippen LogP contribution in [-0.2, 0) is 11.3 Å². The summed E-state index contributed by atoms with van der Waals surface area (Å²) in [4.78, 5) is 13.9. The summed E-state index contributed by atoms with van der Waals surface area (Å²) in [5.41, 5.74) is 2.38. The van der Waals surface area contributed by atoms with Crippen LogP contribution in [0, 0.1) is 25.2 Å². The van der Waals surface area contributed by atoms with Crippen LogP contribution in [0.2, 0.25) is 0 Å². The number of tetrazole rings is 1. The van der Waals surface area contributed by atoms with Crippen LogP contribution >= 0.6 is 23.1 Å². The molecule has 1 aliphatic carbocycles. The molecular formula is C20H23N7OS2. The highest BCUT2D eigenvalue weighted by molar-refractivity contribution is 7.99. The number of rotatable bonds is 7. The normalized spacial score (nSPS) is 14.2. The summed E-state index contributed by atoms with van der Waals surface area (Å²) in [7, 11) is 0. The molecule has 3 aromatic heterocycles. The van der Waals surface area contributed by atoms with Gasteiger partial charge in [0.25, 0.3) is 0 Å². The first-order chi connectivity index (χ1) is 14.6. The zero-order chi connectivity index (χ0) is 21.1. The van der Waals surface area contributed by atoms with Crippen molar-refractivity contribution >= 4 is 34.8 Å². The lowest BCUT2D eigenvalue weighted by Gasteiger charge is -2.13. The van der Waals surface area contributed by atoms with E-state index in [1.807, 2.05) is 34.5 Å². The number of carbonyl (C=O) groups excluding carboxylic acids is 1. The summed E-state index contributed by atoms with van der Waals surface area (Å²) in [6, 6.07) is 6.63. The Morgan fingerprint density at radius 3 is 2.90 bits per heavy atom. The highest BCUT2D eigenvalue weighted by atomic mass is 32.2. The van der Waals surface area contributed by atoms with Crippen molar-refractivity contribution in [1.29, 1.82) is 5.26 Å². The van der Waals surface area contributed by atoms with E-state index in [1.54, 1.807) is 11.3 Å². The Hall–Kier alpha value is -2.64. The van der Waals surface area contributed by atoms with Gasteiger partial charge in [-0.2, -0.15) is 5.26 Å². The molecule has 1 N–H and O–H groups in total. The van der Waals surface area contributed by atoms with E-state index in [0.717, 1.165) is 24.1 Å². The Morgan fingerprint density at radius 2 is 2.20 bits per heavy atom. The maximum atomic E-state index is 12.8. The van der Waals surface area contributed by atoms with Crippen molar-refractivity contribution in [3.05, 3.63) is 39.2 Å². The number of aromatic nitrogens is 5. The maximum absolute atomic E-state index is 12.8. The largest absolute Gasteiger partial charge is 0.325 e. The first-order valence-electron chi connectivity index (χ1n) is 9.91. The number of carbonyl (C=O) groups is 1. The second kappa shape index (κ2) is 9.02. The number of hydrogen-bond donors (Lipinski definition) is 1. The van der Waals surface area contributed by atoms with Gasteiger partial charge in [-0.3, -0.25) is 4.79 Å². The van der Waals surface area contributed by atoms with Gasteiger partial charge in [-0.05, 0) is 54.1 Å². The van der Waals surface area contributed by atoms with Crippen LogP contribution in [0.5, 0.6) is 0 Å². The lowest BCUT2D eigenvalue weighted by Crippen LogP contribution is -2.19. The second-order valence-corrected chi connectivity index (χ2v) is 9.37. The fraction of sp³-hybridized carbons (Fsp3) is 0.450. The fourth-order valence-corrected chi connectivity index (χ4v) is 5.28. The molecule has 0 spiro atoms. The van der Waals surface area contributed by atoms with Gasteiger partial charge in [0.05, 0.1) is 23.9 Å². The van der Waals surface area contributed by atoms with Crippen LogP contribution in [0.1, 0.15) is 53.4 Å². The molecule has 0 aliphatic heterocycles. The predicted molar refractivity (Wildman–Crippen MR) is 117 cm³/mol. The van der Waals surface area contributed by atoms with Crippen molar-refractivity contribution in [2.24, 2.45) is 0 Å². The van der Waals surface area contributed by atoms with E-state index in [9.17, 15) is 10.1 Å². The van der Waals surface area contributed by atoms with Gasteiger partial charge in [0, 0.05) is 10.6 Å². The number of amides is 1. The third kappa shape index (κ3) is 4.13. The highest BCUT2D eigenvalue weighted by Crippen LogP contribution is 2.32. The minimum atomic E-state index is -0.178. The van der Waals surface area contributed by atoms with Gasteiger partial charge in [0.2, 0.25) is 11.1 Å². The molecule has 8 nitrogen and oxygen atoms in total. The number of nitriles is 1. The van der Waals surface area contributed by atoms with Crippen LogP contribution < -0.4 is 5.32 Å². The Morgan fingerprint density at radius 1 is 1.40 bits per heavy atom. The van der Waals surface area contributed by atoms with E-state index >= 15 is 0 Å². The van der Waals surface area contributed by atoms with E-state index in [2.05, 4.69) is 33.0 Å². The van der Waals surface area contributed by atoms with Gasteiger partial charge in [-0.15, -0.1) is 16.4 Å². The average Bonchev–Trinajstić information content (AvgIpc) is 3.53. The highest BCUT2D eigenvalue weighted by Gasteiger charge is 2.23. The Balaban J connectivity index is 1.49. The van der Waals surface area contributed by atoms with Crippen LogP contribution in [0.25, 0.3) is 0 Å². The number of thioether (sulfide) groups is 1. The minimum absolute atomic E-state index is 0.178. The summed E-state index contributed by atoms with van der Waals surface area (Å²) in [6.07, 6.45) is 4.52. The molecule has 1 saturated carbocycles. The van der Waals surface area contributed by atoms with Gasteiger partial charge in [-0.1, -0.05) is 30.7 Å². The van der Waals surface area contributed by atoms with Gasteiger partial charge >= 0.3 is 0 Å². The maximum Gasteiger partial charge on any atom is 0.235 e. The van der Waals surface area contributed by atoms with Crippen molar-refractivity contribution in [2.75, 3.05) is 11.1 Å². The van der Waals surface area contributed by atoms with Crippen LogP contribution in [-0.4, -0.2) is 36.4 Å². The molecule has 0 bridgehead atoms. The number of nitrogens with one attached hydrogen (secondary N) is 1. The van der Waals surface area contributed by atoms with E-state index < -0.39 is 0 Å². The molecule has 0 saturated heterocycles. The predicted octanol–water partition coefficient (Wildman–Crippen LogP) is 3.92. The molecule has 0 atom stereocenters. The first kappa shape index (κ1) is 20.6. The van der Waals surface area contributed by atoms with Crippen LogP contribution in [0.3, 0.4) is 0 Å². The molecule has 4 rings (SSSR count). The zero-order valence-electron chi connectivity index (χ0n) is 17.0. The monoisotopic (exact) mass is 441 g/mol. The third-order valence-corrected chi connectivity index (χ3v) is 7.35. The second-order valence-electron chi connectivity index (χ2n) is 7.39. The van der Waals surface area contributed by atoms with E-state index in [0.29, 0.717) is 29.1 Å². The Labute approximate surface area is 183 Å². The van der Waals surface area contributed by atoms with E-state index in [-0.39, 0.29) is 11.7 Å². The Kier molecular flexibility index (Phi) is 6.20. The zero-order valence-corrected chi connectivity index (χ0v) is 18.6. The molecule has 0 unspecified atom stereocenters. The van der Waals surface area contributed by atoms with Crippen molar-refractivity contribution in [2.45, 2.75) is 57.3 Å². The molecule has 1 amide bonds. The number of thiophene rings is 1. The van der Waals surface area contributed by atoms with Crippen molar-refractivity contribution in [1.82, 2.24) is 24.8 Å². The van der Waals surface area contributed by atoms with Crippen LogP contribution in [0.15, 0.2) is 22.7 Å². The molecule has 30 heavy (non-hydrogen) atoms. The number of anilines is 1. The van der Waals surface area contributed by atoms with E-state index in [4.69, 9.17) is 0 Å². The summed E-state index contributed by atoms with van der Waals surface area (Å²) in [5, 5.41) is 27.3. The summed E-state index contributed by atoms with van der Waals surface area (Å²) >= 11 is 2.98. The summed E-state index contributed by atoms with van der Waals surface area (Å²) < 4.78 is 3.85. The molecule has 10 heteroatoms. The standard InChI is InChI=1S/C20H23N7OS2/c1-13-14(2)26(11-16-8-5-9-29-16)19(17(13)10-21)22-18(28)12-30-20-23-24-25-27(20)15-6-3-4-7-15/h5,8-9,15H,3-4,6-7,11-12H2,1-2H3,(H,22,28). The number of nitrogens with zero attached hydrogens (tertiary/aromatic N) is 6.